The normalized spacial score (nSPS) is 17.3. The SMILES string of the molecule is CC(C)[C@H](N)C(=O)N[C@@H](CCCNC(=N)N)C(=O)N[C@@H](CCCCN)C(=O)N[C@@H](CCCCN)C(=O)N1CCC[C@H]1C(=O)O. The maximum absolute atomic E-state index is 13.6. The lowest BCUT2D eigenvalue weighted by molar-refractivity contribution is -0.149. The second kappa shape index (κ2) is 20.5. The van der Waals surface area contributed by atoms with E-state index in [-0.39, 0.29) is 44.2 Å². The van der Waals surface area contributed by atoms with Crippen molar-refractivity contribution >= 4 is 35.6 Å². The summed E-state index contributed by atoms with van der Waals surface area (Å²) in [7, 11) is 0. The molecule has 4 amide bonds. The molecule has 0 aromatic rings. The average Bonchev–Trinajstić information content (AvgIpc) is 3.47. The number of hydrogen-bond acceptors (Lipinski definition) is 9. The van der Waals surface area contributed by atoms with E-state index in [9.17, 15) is 29.1 Å². The molecule has 252 valence electrons. The predicted molar refractivity (Wildman–Crippen MR) is 166 cm³/mol. The molecule has 0 aromatic carbocycles. The van der Waals surface area contributed by atoms with Crippen molar-refractivity contribution in [1.29, 1.82) is 5.41 Å². The van der Waals surface area contributed by atoms with Gasteiger partial charge in [0.1, 0.15) is 24.2 Å². The van der Waals surface area contributed by atoms with Gasteiger partial charge in [0, 0.05) is 13.1 Å². The molecule has 0 aliphatic carbocycles. The van der Waals surface area contributed by atoms with Crippen molar-refractivity contribution in [2.24, 2.45) is 28.9 Å². The number of likely N-dealkylation sites (tertiary alicyclic amines) is 1. The largest absolute Gasteiger partial charge is 0.480 e. The second-order valence-corrected chi connectivity index (χ2v) is 11.5. The highest BCUT2D eigenvalue weighted by molar-refractivity contribution is 5.95. The zero-order valence-corrected chi connectivity index (χ0v) is 26.1. The molecule has 44 heavy (non-hydrogen) atoms. The van der Waals surface area contributed by atoms with E-state index in [4.69, 9.17) is 28.3 Å². The molecule has 1 aliphatic heterocycles. The minimum absolute atomic E-state index is 0.172. The predicted octanol–water partition coefficient (Wildman–Crippen LogP) is -1.98. The van der Waals surface area contributed by atoms with Crippen LogP contribution in [0.25, 0.3) is 0 Å². The molecule has 0 aromatic heterocycles. The molecule has 5 atom stereocenters. The number of amides is 4. The van der Waals surface area contributed by atoms with Gasteiger partial charge in [-0.3, -0.25) is 24.6 Å². The summed E-state index contributed by atoms with van der Waals surface area (Å²) >= 11 is 0. The molecule has 0 radical (unpaired) electrons. The molecular weight excluding hydrogens is 572 g/mol. The van der Waals surface area contributed by atoms with E-state index in [1.807, 2.05) is 0 Å². The number of aliphatic carboxylic acids is 1. The summed E-state index contributed by atoms with van der Waals surface area (Å²) in [6.07, 6.45) is 4.12. The lowest BCUT2D eigenvalue weighted by atomic mass is 10.0. The van der Waals surface area contributed by atoms with Crippen LogP contribution in [0.2, 0.25) is 0 Å². The number of nitrogens with two attached hydrogens (primary N) is 4. The number of carboxylic acids is 1. The van der Waals surface area contributed by atoms with Crippen LogP contribution in [-0.2, 0) is 24.0 Å². The molecule has 1 fully saturated rings. The Balaban J connectivity index is 3.16. The van der Waals surface area contributed by atoms with Crippen molar-refractivity contribution < 1.29 is 29.1 Å². The maximum atomic E-state index is 13.6. The number of carbonyl (C=O) groups excluding carboxylic acids is 4. The Morgan fingerprint density at radius 2 is 1.34 bits per heavy atom. The van der Waals surface area contributed by atoms with Crippen LogP contribution in [-0.4, -0.2) is 102 Å². The minimum Gasteiger partial charge on any atom is -0.480 e. The van der Waals surface area contributed by atoms with Gasteiger partial charge in [-0.05, 0) is 83.2 Å². The van der Waals surface area contributed by atoms with Gasteiger partial charge < -0.3 is 54.2 Å². The van der Waals surface area contributed by atoms with Crippen molar-refractivity contribution in [1.82, 2.24) is 26.2 Å². The van der Waals surface area contributed by atoms with Crippen LogP contribution >= 0.6 is 0 Å². The van der Waals surface area contributed by atoms with Gasteiger partial charge in [-0.2, -0.15) is 0 Å². The molecule has 14 N–H and O–H groups in total. The summed E-state index contributed by atoms with van der Waals surface area (Å²) in [5.41, 5.74) is 22.6. The summed E-state index contributed by atoms with van der Waals surface area (Å²) in [4.78, 5) is 66.3. The molecule has 0 saturated carbocycles. The monoisotopic (exact) mass is 626 g/mol. The molecule has 0 unspecified atom stereocenters. The summed E-state index contributed by atoms with van der Waals surface area (Å²) in [6, 6.07) is -4.91. The first-order valence-corrected chi connectivity index (χ1v) is 15.5. The average molecular weight is 627 g/mol. The highest BCUT2D eigenvalue weighted by Crippen LogP contribution is 2.20. The van der Waals surface area contributed by atoms with Gasteiger partial charge in [-0.1, -0.05) is 13.8 Å². The van der Waals surface area contributed by atoms with Crippen LogP contribution in [0.15, 0.2) is 0 Å². The van der Waals surface area contributed by atoms with Gasteiger partial charge in [0.25, 0.3) is 0 Å². The van der Waals surface area contributed by atoms with Crippen LogP contribution in [0.1, 0.15) is 78.1 Å². The third kappa shape index (κ3) is 13.4. The quantitative estimate of drug-likeness (QED) is 0.0378. The molecule has 0 spiro atoms. The van der Waals surface area contributed by atoms with E-state index in [1.165, 1.54) is 4.90 Å². The number of rotatable bonds is 21. The fourth-order valence-electron chi connectivity index (χ4n) is 4.91. The third-order valence-corrected chi connectivity index (χ3v) is 7.60. The van der Waals surface area contributed by atoms with Crippen LogP contribution in [0.3, 0.4) is 0 Å². The van der Waals surface area contributed by atoms with Crippen molar-refractivity contribution in [3.63, 3.8) is 0 Å². The third-order valence-electron chi connectivity index (χ3n) is 7.60. The molecule has 1 heterocycles. The Morgan fingerprint density at radius 1 is 0.841 bits per heavy atom. The van der Waals surface area contributed by atoms with Gasteiger partial charge in [0.2, 0.25) is 23.6 Å². The van der Waals surface area contributed by atoms with Gasteiger partial charge in [0.15, 0.2) is 5.96 Å². The van der Waals surface area contributed by atoms with Gasteiger partial charge >= 0.3 is 5.97 Å². The number of carboxylic acid groups (broad SMARTS) is 1. The van der Waals surface area contributed by atoms with E-state index >= 15 is 0 Å². The summed E-state index contributed by atoms with van der Waals surface area (Å²) in [5, 5.41) is 27.7. The highest BCUT2D eigenvalue weighted by Gasteiger charge is 2.38. The Morgan fingerprint density at radius 3 is 1.84 bits per heavy atom. The first-order chi connectivity index (χ1) is 20.8. The Bertz CT molecular complexity index is 965. The second-order valence-electron chi connectivity index (χ2n) is 11.5. The zero-order valence-electron chi connectivity index (χ0n) is 26.1. The van der Waals surface area contributed by atoms with Crippen LogP contribution in [0.4, 0.5) is 0 Å². The molecule has 1 rings (SSSR count). The Hall–Kier alpha value is -3.50. The Kier molecular flexibility index (Phi) is 17.9. The van der Waals surface area contributed by atoms with Crippen molar-refractivity contribution in [2.75, 3.05) is 26.2 Å². The standard InChI is InChI=1S/C28H54N10O6/c1-17(2)22(31)25(41)36-19(11-7-15-34-28(32)33)23(39)35-18(9-3-5-13-29)24(40)37-20(10-4-6-14-30)26(42)38-16-8-12-21(38)27(43)44/h17-22H,3-16,29-31H2,1-2H3,(H,35,39)(H,36,41)(H,37,40)(H,43,44)(H4,32,33,34)/t18-,19-,20-,21-,22-/m0/s1. The van der Waals surface area contributed by atoms with Gasteiger partial charge in [-0.15, -0.1) is 0 Å². The van der Waals surface area contributed by atoms with Gasteiger partial charge in [0.05, 0.1) is 6.04 Å². The molecule has 1 saturated heterocycles. The number of nitrogens with zero attached hydrogens (tertiary/aromatic N) is 1. The highest BCUT2D eigenvalue weighted by atomic mass is 16.4. The lowest BCUT2D eigenvalue weighted by Crippen LogP contribution is -2.58. The number of hydrogen-bond donors (Lipinski definition) is 10. The maximum Gasteiger partial charge on any atom is 0.326 e. The number of carbonyl (C=O) groups is 5. The fourth-order valence-corrected chi connectivity index (χ4v) is 4.91. The van der Waals surface area contributed by atoms with Crippen molar-refractivity contribution in [3.8, 4) is 0 Å². The number of guanidine groups is 1. The van der Waals surface area contributed by atoms with E-state index in [2.05, 4.69) is 21.3 Å². The first kappa shape index (κ1) is 38.5. The van der Waals surface area contributed by atoms with Gasteiger partial charge in [-0.25, -0.2) is 4.79 Å². The molecule has 16 nitrogen and oxygen atoms in total. The topological polar surface area (TPSA) is 285 Å². The summed E-state index contributed by atoms with van der Waals surface area (Å²) in [5.74, 6) is -3.73. The molecule has 1 aliphatic rings. The zero-order chi connectivity index (χ0) is 33.2. The van der Waals surface area contributed by atoms with E-state index in [1.54, 1.807) is 13.8 Å². The lowest BCUT2D eigenvalue weighted by Gasteiger charge is -2.29. The summed E-state index contributed by atoms with van der Waals surface area (Å²) < 4.78 is 0. The van der Waals surface area contributed by atoms with E-state index < -0.39 is 59.8 Å². The molecule has 16 heteroatoms. The Labute approximate surface area is 259 Å². The minimum atomic E-state index is -1.10. The molecular formula is C28H54N10O6. The smallest absolute Gasteiger partial charge is 0.326 e. The van der Waals surface area contributed by atoms with E-state index in [0.29, 0.717) is 58.0 Å². The van der Waals surface area contributed by atoms with Crippen LogP contribution in [0.5, 0.6) is 0 Å². The van der Waals surface area contributed by atoms with Crippen molar-refractivity contribution in [2.45, 2.75) is 108 Å². The molecule has 0 bridgehead atoms. The fraction of sp³-hybridized carbons (Fsp3) is 0.786. The van der Waals surface area contributed by atoms with Crippen LogP contribution < -0.4 is 44.2 Å². The number of nitrogens with one attached hydrogen (secondary N) is 5. The van der Waals surface area contributed by atoms with E-state index in [0.717, 1.165) is 0 Å². The van der Waals surface area contributed by atoms with Crippen LogP contribution in [0, 0.1) is 11.3 Å². The van der Waals surface area contributed by atoms with Crippen molar-refractivity contribution in [3.05, 3.63) is 0 Å². The summed E-state index contributed by atoms with van der Waals surface area (Å²) in [6.45, 7) is 4.88. The number of unbranched alkanes of at least 4 members (excludes halogenated alkanes) is 2. The first-order valence-electron chi connectivity index (χ1n) is 15.5.